The van der Waals surface area contributed by atoms with Crippen molar-refractivity contribution in [1.29, 1.82) is 0 Å². The van der Waals surface area contributed by atoms with Gasteiger partial charge in [0.25, 0.3) is 0 Å². The van der Waals surface area contributed by atoms with Gasteiger partial charge in [-0.05, 0) is 45.1 Å². The molecule has 2 nitrogen and oxygen atoms in total. The van der Waals surface area contributed by atoms with Crippen molar-refractivity contribution in [3.05, 3.63) is 0 Å². The topological polar surface area (TPSA) is 29.3 Å². The summed E-state index contributed by atoms with van der Waals surface area (Å²) < 4.78 is 0. The van der Waals surface area contributed by atoms with E-state index in [1.165, 1.54) is 25.8 Å². The molecule has 0 aromatic heterocycles. The molecule has 0 amide bonds. The summed E-state index contributed by atoms with van der Waals surface area (Å²) in [5.41, 5.74) is 6.33. The summed E-state index contributed by atoms with van der Waals surface area (Å²) in [6, 6.07) is 0.853. The average molecular weight is 212 g/mol. The fraction of sp³-hybridized carbons (Fsp3) is 1.00. The molecule has 0 radical (unpaired) electrons. The molecule has 0 aromatic carbocycles. The van der Waals surface area contributed by atoms with Crippen LogP contribution in [0.25, 0.3) is 0 Å². The molecule has 2 heteroatoms. The van der Waals surface area contributed by atoms with E-state index < -0.39 is 0 Å². The second-order valence-electron chi connectivity index (χ2n) is 6.31. The van der Waals surface area contributed by atoms with E-state index in [1.54, 1.807) is 0 Å². The lowest BCUT2D eigenvalue weighted by Crippen LogP contribution is -2.53. The molecule has 0 saturated heterocycles. The molecule has 1 aliphatic rings. The van der Waals surface area contributed by atoms with Gasteiger partial charge in [0.1, 0.15) is 0 Å². The molecule has 0 aliphatic heterocycles. The Morgan fingerprint density at radius 1 is 1.20 bits per heavy atom. The van der Waals surface area contributed by atoms with E-state index in [0.29, 0.717) is 0 Å². The molecule has 1 saturated carbocycles. The van der Waals surface area contributed by atoms with Crippen molar-refractivity contribution in [2.45, 2.75) is 65.5 Å². The molecule has 0 aromatic rings. The highest BCUT2D eigenvalue weighted by Crippen LogP contribution is 2.34. The van der Waals surface area contributed by atoms with Crippen molar-refractivity contribution in [2.75, 3.05) is 13.1 Å². The monoisotopic (exact) mass is 212 g/mol. The molecule has 15 heavy (non-hydrogen) atoms. The van der Waals surface area contributed by atoms with E-state index in [2.05, 4.69) is 39.5 Å². The van der Waals surface area contributed by atoms with Crippen LogP contribution in [-0.2, 0) is 0 Å². The van der Waals surface area contributed by atoms with Crippen LogP contribution in [0.5, 0.6) is 0 Å². The van der Waals surface area contributed by atoms with Crippen LogP contribution in [-0.4, -0.2) is 29.6 Å². The van der Waals surface area contributed by atoms with Crippen molar-refractivity contribution >= 4 is 0 Å². The van der Waals surface area contributed by atoms with Crippen LogP contribution in [0.4, 0.5) is 0 Å². The summed E-state index contributed by atoms with van der Waals surface area (Å²) in [6.45, 7) is 13.5. The highest BCUT2D eigenvalue weighted by molar-refractivity contribution is 4.95. The lowest BCUT2D eigenvalue weighted by Gasteiger charge is -2.42. The third-order valence-electron chi connectivity index (χ3n) is 3.92. The SMILES string of the molecule is CCCN(CC(C)(C)C(C)(C)N)C1CC1. The molecule has 0 spiro atoms. The first-order valence-corrected chi connectivity index (χ1v) is 6.31. The minimum Gasteiger partial charge on any atom is -0.325 e. The Bertz CT molecular complexity index is 199. The molecule has 0 heterocycles. The Labute approximate surface area is 95.2 Å². The lowest BCUT2D eigenvalue weighted by molar-refractivity contribution is 0.108. The number of nitrogens with two attached hydrogens (primary N) is 1. The molecule has 1 fully saturated rings. The molecule has 2 N–H and O–H groups in total. The van der Waals surface area contributed by atoms with Gasteiger partial charge < -0.3 is 5.73 Å². The van der Waals surface area contributed by atoms with Gasteiger partial charge in [0, 0.05) is 18.1 Å². The summed E-state index contributed by atoms with van der Waals surface area (Å²) in [5.74, 6) is 0. The van der Waals surface area contributed by atoms with E-state index in [4.69, 9.17) is 5.73 Å². The van der Waals surface area contributed by atoms with E-state index in [0.717, 1.165) is 12.6 Å². The van der Waals surface area contributed by atoms with Gasteiger partial charge >= 0.3 is 0 Å². The fourth-order valence-corrected chi connectivity index (χ4v) is 1.83. The number of hydrogen-bond donors (Lipinski definition) is 1. The quantitative estimate of drug-likeness (QED) is 0.733. The van der Waals surface area contributed by atoms with Gasteiger partial charge in [-0.25, -0.2) is 0 Å². The maximum Gasteiger partial charge on any atom is 0.0161 e. The highest BCUT2D eigenvalue weighted by atomic mass is 15.2. The molecule has 1 rings (SSSR count). The van der Waals surface area contributed by atoms with Crippen molar-refractivity contribution in [1.82, 2.24) is 4.90 Å². The zero-order valence-corrected chi connectivity index (χ0v) is 11.1. The Morgan fingerprint density at radius 2 is 1.73 bits per heavy atom. The van der Waals surface area contributed by atoms with Crippen molar-refractivity contribution in [2.24, 2.45) is 11.1 Å². The normalized spacial score (nSPS) is 18.6. The van der Waals surface area contributed by atoms with E-state index >= 15 is 0 Å². The van der Waals surface area contributed by atoms with Gasteiger partial charge in [0.15, 0.2) is 0 Å². The second kappa shape index (κ2) is 4.42. The molecule has 0 unspecified atom stereocenters. The number of hydrogen-bond acceptors (Lipinski definition) is 2. The van der Waals surface area contributed by atoms with Crippen LogP contribution >= 0.6 is 0 Å². The highest BCUT2D eigenvalue weighted by Gasteiger charge is 2.38. The third-order valence-corrected chi connectivity index (χ3v) is 3.92. The first kappa shape index (κ1) is 13.0. The molecule has 1 aliphatic carbocycles. The largest absolute Gasteiger partial charge is 0.325 e. The molecule has 90 valence electrons. The predicted octanol–water partition coefficient (Wildman–Crippen LogP) is 2.62. The maximum atomic E-state index is 6.25. The van der Waals surface area contributed by atoms with Crippen LogP contribution in [0.2, 0.25) is 0 Å². The standard InChI is InChI=1S/C13H28N2/c1-6-9-15(11-7-8-11)10-12(2,3)13(4,5)14/h11H,6-10,14H2,1-5H3. The lowest BCUT2D eigenvalue weighted by atomic mass is 9.75. The summed E-state index contributed by atoms with van der Waals surface area (Å²) in [7, 11) is 0. The van der Waals surface area contributed by atoms with Gasteiger partial charge in [-0.15, -0.1) is 0 Å². The first-order valence-electron chi connectivity index (χ1n) is 6.31. The molecular formula is C13H28N2. The zero-order chi connectivity index (χ0) is 11.7. The summed E-state index contributed by atoms with van der Waals surface area (Å²) >= 11 is 0. The second-order valence-corrected chi connectivity index (χ2v) is 6.31. The summed E-state index contributed by atoms with van der Waals surface area (Å²) in [4.78, 5) is 2.63. The van der Waals surface area contributed by atoms with E-state index in [-0.39, 0.29) is 11.0 Å². The van der Waals surface area contributed by atoms with Gasteiger partial charge in [-0.1, -0.05) is 20.8 Å². The maximum absolute atomic E-state index is 6.25. The van der Waals surface area contributed by atoms with Gasteiger partial charge in [-0.3, -0.25) is 4.90 Å². The van der Waals surface area contributed by atoms with Crippen LogP contribution in [0.15, 0.2) is 0 Å². The van der Waals surface area contributed by atoms with Gasteiger partial charge in [-0.2, -0.15) is 0 Å². The minimum absolute atomic E-state index is 0.103. The fourth-order valence-electron chi connectivity index (χ4n) is 1.83. The van der Waals surface area contributed by atoms with Crippen LogP contribution < -0.4 is 5.73 Å². The Kier molecular flexibility index (Phi) is 3.83. The van der Waals surface area contributed by atoms with Crippen LogP contribution in [0.3, 0.4) is 0 Å². The molecular weight excluding hydrogens is 184 g/mol. The van der Waals surface area contributed by atoms with Crippen molar-refractivity contribution < 1.29 is 0 Å². The van der Waals surface area contributed by atoms with Crippen molar-refractivity contribution in [3.8, 4) is 0 Å². The number of nitrogens with zero attached hydrogens (tertiary/aromatic N) is 1. The van der Waals surface area contributed by atoms with Gasteiger partial charge in [0.2, 0.25) is 0 Å². The van der Waals surface area contributed by atoms with Crippen LogP contribution in [0.1, 0.15) is 53.9 Å². The summed E-state index contributed by atoms with van der Waals surface area (Å²) in [5, 5.41) is 0. The third kappa shape index (κ3) is 3.46. The minimum atomic E-state index is -0.103. The van der Waals surface area contributed by atoms with Gasteiger partial charge in [0.05, 0.1) is 0 Å². The van der Waals surface area contributed by atoms with E-state index in [9.17, 15) is 0 Å². The smallest absolute Gasteiger partial charge is 0.0161 e. The zero-order valence-electron chi connectivity index (χ0n) is 11.1. The Balaban J connectivity index is 2.56. The van der Waals surface area contributed by atoms with E-state index in [1.807, 2.05) is 0 Å². The van der Waals surface area contributed by atoms with Crippen molar-refractivity contribution in [3.63, 3.8) is 0 Å². The number of rotatable bonds is 6. The summed E-state index contributed by atoms with van der Waals surface area (Å²) in [6.07, 6.45) is 4.03. The first-order chi connectivity index (χ1) is 6.78. The molecule has 0 bridgehead atoms. The molecule has 0 atom stereocenters. The Hall–Kier alpha value is -0.0800. The predicted molar refractivity (Wildman–Crippen MR) is 66.9 cm³/mol. The van der Waals surface area contributed by atoms with Crippen LogP contribution in [0, 0.1) is 5.41 Å². The Morgan fingerprint density at radius 3 is 2.07 bits per heavy atom. The average Bonchev–Trinajstić information content (AvgIpc) is 2.82.